The average Bonchev–Trinajstić information content (AvgIpc) is 2.35. The molecule has 0 aliphatic rings. The van der Waals surface area contributed by atoms with Crippen molar-refractivity contribution in [2.24, 2.45) is 5.73 Å². The van der Waals surface area contributed by atoms with E-state index in [9.17, 15) is 8.42 Å². The van der Waals surface area contributed by atoms with E-state index in [-0.39, 0.29) is 15.5 Å². The highest BCUT2D eigenvalue weighted by Gasteiger charge is 2.17. The van der Waals surface area contributed by atoms with E-state index in [4.69, 9.17) is 22.6 Å². The lowest BCUT2D eigenvalue weighted by molar-refractivity contribution is 0.577. The van der Waals surface area contributed by atoms with Crippen LogP contribution < -0.4 is 10.5 Å². The van der Waals surface area contributed by atoms with Crippen LogP contribution in [0.5, 0.6) is 0 Å². The Kier molecular flexibility index (Phi) is 5.56. The lowest BCUT2D eigenvalue weighted by Crippen LogP contribution is -2.25. The van der Waals surface area contributed by atoms with Gasteiger partial charge in [0, 0.05) is 6.54 Å². The van der Waals surface area contributed by atoms with Crippen LogP contribution in [0.15, 0.2) is 23.1 Å². The quantitative estimate of drug-likeness (QED) is 0.769. The van der Waals surface area contributed by atoms with Gasteiger partial charge in [0.1, 0.15) is 4.90 Å². The first-order valence-electron chi connectivity index (χ1n) is 5.40. The molecule has 0 aliphatic heterocycles. The summed E-state index contributed by atoms with van der Waals surface area (Å²) in [6.45, 7) is 0.818. The van der Waals surface area contributed by atoms with Crippen LogP contribution in [0.4, 0.5) is 0 Å². The monoisotopic (exact) mass is 287 g/mol. The third kappa shape index (κ3) is 3.96. The Morgan fingerprint density at radius 3 is 2.72 bits per heavy atom. The predicted octanol–water partition coefficient (Wildman–Crippen LogP) is 1.23. The van der Waals surface area contributed by atoms with E-state index in [2.05, 4.69) is 4.72 Å². The van der Waals surface area contributed by atoms with E-state index in [1.54, 1.807) is 0 Å². The van der Waals surface area contributed by atoms with E-state index < -0.39 is 10.0 Å². The number of nitrogens with zero attached hydrogens (tertiary/aromatic N) is 1. The van der Waals surface area contributed by atoms with Crippen LogP contribution in [0, 0.1) is 11.3 Å². The Hall–Kier alpha value is -1.13. The summed E-state index contributed by atoms with van der Waals surface area (Å²) in [4.78, 5) is -0.0732. The minimum atomic E-state index is -3.68. The van der Waals surface area contributed by atoms with Crippen LogP contribution in [-0.4, -0.2) is 21.5 Å². The molecule has 0 fully saturated rings. The normalized spacial score (nSPS) is 11.2. The number of hydrogen-bond acceptors (Lipinski definition) is 4. The van der Waals surface area contributed by atoms with Gasteiger partial charge in [-0.3, -0.25) is 0 Å². The van der Waals surface area contributed by atoms with Crippen molar-refractivity contribution in [2.45, 2.75) is 17.7 Å². The number of sulfonamides is 1. The van der Waals surface area contributed by atoms with Gasteiger partial charge in [0.15, 0.2) is 0 Å². The molecule has 0 spiro atoms. The molecule has 0 bridgehead atoms. The van der Waals surface area contributed by atoms with E-state index >= 15 is 0 Å². The molecule has 0 amide bonds. The molecular formula is C11H14ClN3O2S. The maximum atomic E-state index is 11.9. The number of rotatable bonds is 6. The van der Waals surface area contributed by atoms with Crippen molar-refractivity contribution >= 4 is 21.6 Å². The van der Waals surface area contributed by atoms with Gasteiger partial charge in [-0.2, -0.15) is 5.26 Å². The summed E-state index contributed by atoms with van der Waals surface area (Å²) in [5.41, 5.74) is 5.57. The predicted molar refractivity (Wildman–Crippen MR) is 69.6 cm³/mol. The fourth-order valence-electron chi connectivity index (χ4n) is 1.33. The minimum absolute atomic E-state index is 0.0732. The van der Waals surface area contributed by atoms with E-state index in [0.29, 0.717) is 19.5 Å². The molecule has 1 aromatic rings. The summed E-state index contributed by atoms with van der Waals surface area (Å²) in [5.74, 6) is 0. The largest absolute Gasteiger partial charge is 0.330 e. The molecule has 18 heavy (non-hydrogen) atoms. The van der Waals surface area contributed by atoms with Gasteiger partial charge in [-0.05, 0) is 37.6 Å². The van der Waals surface area contributed by atoms with Gasteiger partial charge in [-0.15, -0.1) is 0 Å². The third-order valence-corrected chi connectivity index (χ3v) is 4.22. The topological polar surface area (TPSA) is 96.0 Å². The summed E-state index contributed by atoms with van der Waals surface area (Å²) in [5, 5.41) is 8.84. The highest BCUT2D eigenvalue weighted by molar-refractivity contribution is 7.89. The van der Waals surface area contributed by atoms with Gasteiger partial charge >= 0.3 is 0 Å². The summed E-state index contributed by atoms with van der Waals surface area (Å²) in [6.07, 6.45) is 1.40. The third-order valence-electron chi connectivity index (χ3n) is 2.27. The Bertz CT molecular complexity index is 552. The smallest absolute Gasteiger partial charge is 0.242 e. The van der Waals surface area contributed by atoms with Gasteiger partial charge in [0.25, 0.3) is 0 Å². The number of hydrogen-bond donors (Lipinski definition) is 2. The van der Waals surface area contributed by atoms with Crippen LogP contribution in [0.3, 0.4) is 0 Å². The second-order valence-corrected chi connectivity index (χ2v) is 5.79. The first-order valence-corrected chi connectivity index (χ1v) is 7.27. The SMILES string of the molecule is N#Cc1ccc(Cl)c(S(=O)(=O)NCCCCN)c1. The van der Waals surface area contributed by atoms with Gasteiger partial charge in [-0.25, -0.2) is 13.1 Å². The number of unbranched alkanes of at least 4 members (excludes halogenated alkanes) is 1. The molecule has 3 N–H and O–H groups in total. The van der Waals surface area contributed by atoms with Crippen molar-refractivity contribution in [3.8, 4) is 6.07 Å². The van der Waals surface area contributed by atoms with Crippen LogP contribution in [0.25, 0.3) is 0 Å². The fraction of sp³-hybridized carbons (Fsp3) is 0.364. The zero-order valence-electron chi connectivity index (χ0n) is 9.69. The van der Waals surface area contributed by atoms with E-state index in [1.807, 2.05) is 6.07 Å². The molecule has 1 aromatic carbocycles. The fourth-order valence-corrected chi connectivity index (χ4v) is 2.93. The number of benzene rings is 1. The summed E-state index contributed by atoms with van der Waals surface area (Å²) in [6, 6.07) is 6.00. The Morgan fingerprint density at radius 2 is 2.11 bits per heavy atom. The second kappa shape index (κ2) is 6.71. The van der Waals surface area contributed by atoms with E-state index in [1.165, 1.54) is 18.2 Å². The van der Waals surface area contributed by atoms with E-state index in [0.717, 1.165) is 6.42 Å². The molecule has 0 aromatic heterocycles. The molecule has 1 rings (SSSR count). The maximum Gasteiger partial charge on any atom is 0.242 e. The van der Waals surface area contributed by atoms with Gasteiger partial charge in [-0.1, -0.05) is 11.6 Å². The standard InChI is InChI=1S/C11H14ClN3O2S/c12-10-4-3-9(8-14)7-11(10)18(16,17)15-6-2-1-5-13/h3-4,7,15H,1-2,5-6,13H2. The van der Waals surface area contributed by atoms with Crippen LogP contribution in [0.1, 0.15) is 18.4 Å². The highest BCUT2D eigenvalue weighted by Crippen LogP contribution is 2.22. The Balaban J connectivity index is 2.88. The molecule has 98 valence electrons. The molecule has 7 heteroatoms. The molecule has 0 saturated carbocycles. The molecule has 0 atom stereocenters. The minimum Gasteiger partial charge on any atom is -0.330 e. The molecule has 0 unspecified atom stereocenters. The zero-order chi connectivity index (χ0) is 13.6. The lowest BCUT2D eigenvalue weighted by Gasteiger charge is -2.08. The van der Waals surface area contributed by atoms with Gasteiger partial charge in [0.2, 0.25) is 10.0 Å². The molecule has 5 nitrogen and oxygen atoms in total. The van der Waals surface area contributed by atoms with Crippen molar-refractivity contribution in [2.75, 3.05) is 13.1 Å². The number of nitrogens with two attached hydrogens (primary N) is 1. The highest BCUT2D eigenvalue weighted by atomic mass is 35.5. The second-order valence-electron chi connectivity index (χ2n) is 3.65. The molecular weight excluding hydrogens is 274 g/mol. The first-order chi connectivity index (χ1) is 8.51. The van der Waals surface area contributed by atoms with Crippen LogP contribution in [-0.2, 0) is 10.0 Å². The maximum absolute atomic E-state index is 11.9. The van der Waals surface area contributed by atoms with Crippen molar-refractivity contribution in [1.29, 1.82) is 5.26 Å². The molecule has 0 aliphatic carbocycles. The van der Waals surface area contributed by atoms with Gasteiger partial charge in [0.05, 0.1) is 16.7 Å². The van der Waals surface area contributed by atoms with Crippen molar-refractivity contribution in [3.63, 3.8) is 0 Å². The zero-order valence-corrected chi connectivity index (χ0v) is 11.3. The van der Waals surface area contributed by atoms with Crippen LogP contribution >= 0.6 is 11.6 Å². The molecule has 0 radical (unpaired) electrons. The van der Waals surface area contributed by atoms with Gasteiger partial charge < -0.3 is 5.73 Å². The number of nitrogens with one attached hydrogen (secondary N) is 1. The summed E-state index contributed by atoms with van der Waals surface area (Å²) < 4.78 is 26.3. The summed E-state index contributed by atoms with van der Waals surface area (Å²) >= 11 is 5.83. The lowest BCUT2D eigenvalue weighted by atomic mass is 10.2. The molecule has 0 saturated heterocycles. The summed E-state index contributed by atoms with van der Waals surface area (Å²) in [7, 11) is -3.68. The molecule has 0 heterocycles. The van der Waals surface area contributed by atoms with Crippen molar-refractivity contribution in [1.82, 2.24) is 4.72 Å². The first kappa shape index (κ1) is 14.9. The van der Waals surface area contributed by atoms with Crippen LogP contribution in [0.2, 0.25) is 5.02 Å². The Labute approximate surface area is 112 Å². The Morgan fingerprint density at radius 1 is 1.39 bits per heavy atom. The number of nitriles is 1. The van der Waals surface area contributed by atoms with Crippen molar-refractivity contribution < 1.29 is 8.42 Å². The number of halogens is 1. The van der Waals surface area contributed by atoms with Crippen molar-refractivity contribution in [3.05, 3.63) is 28.8 Å². The average molecular weight is 288 g/mol.